The number of hydrogen-bond acceptors (Lipinski definition) is 4. The van der Waals surface area contributed by atoms with E-state index in [1.165, 1.54) is 6.20 Å². The molecule has 1 N–H and O–H groups in total. The summed E-state index contributed by atoms with van der Waals surface area (Å²) >= 11 is 0. The second-order valence-electron chi connectivity index (χ2n) is 3.65. The molecule has 1 heterocycles. The van der Waals surface area contributed by atoms with Crippen LogP contribution >= 0.6 is 0 Å². The van der Waals surface area contributed by atoms with Crippen LogP contribution in [0.15, 0.2) is 36.5 Å². The van der Waals surface area contributed by atoms with Crippen LogP contribution in [0.1, 0.15) is 18.8 Å². The molecule has 1 aliphatic heterocycles. The highest BCUT2D eigenvalue weighted by molar-refractivity contribution is 5.71. The smallest absolute Gasteiger partial charge is 0.410 e. The van der Waals surface area contributed by atoms with Gasteiger partial charge < -0.3 is 14.2 Å². The third-order valence-corrected chi connectivity index (χ3v) is 2.37. The van der Waals surface area contributed by atoms with Crippen LogP contribution in [0.5, 0.6) is 5.75 Å². The Morgan fingerprint density at radius 3 is 2.83 bits per heavy atom. The first-order valence-corrected chi connectivity index (χ1v) is 5.73. The SMILES string of the molecule is CC=CNC(=O)Oc1ccccc1C1OCCO1. The van der Waals surface area contributed by atoms with Gasteiger partial charge in [0, 0.05) is 6.20 Å². The van der Waals surface area contributed by atoms with Crippen LogP contribution in [-0.4, -0.2) is 19.3 Å². The van der Waals surface area contributed by atoms with E-state index >= 15 is 0 Å². The summed E-state index contributed by atoms with van der Waals surface area (Å²) in [6.07, 6.45) is 2.21. The highest BCUT2D eigenvalue weighted by Crippen LogP contribution is 2.30. The minimum atomic E-state index is -0.543. The monoisotopic (exact) mass is 249 g/mol. The van der Waals surface area contributed by atoms with E-state index in [0.29, 0.717) is 24.5 Å². The summed E-state index contributed by atoms with van der Waals surface area (Å²) in [7, 11) is 0. The van der Waals surface area contributed by atoms with Gasteiger partial charge in [-0.3, -0.25) is 5.32 Å². The fourth-order valence-electron chi connectivity index (χ4n) is 1.59. The van der Waals surface area contributed by atoms with Crippen LogP contribution in [0.25, 0.3) is 0 Å². The zero-order valence-electron chi connectivity index (χ0n) is 10.1. The third-order valence-electron chi connectivity index (χ3n) is 2.37. The maximum absolute atomic E-state index is 11.5. The summed E-state index contributed by atoms with van der Waals surface area (Å²) in [6.45, 7) is 2.89. The van der Waals surface area contributed by atoms with Gasteiger partial charge in [-0.1, -0.05) is 24.3 Å². The van der Waals surface area contributed by atoms with Crippen LogP contribution in [0.4, 0.5) is 4.79 Å². The number of ether oxygens (including phenoxy) is 3. The van der Waals surface area contributed by atoms with Crippen LogP contribution in [0, 0.1) is 0 Å². The van der Waals surface area contributed by atoms with Gasteiger partial charge in [-0.15, -0.1) is 0 Å². The number of carbonyl (C=O) groups is 1. The Bertz CT molecular complexity index is 438. The van der Waals surface area contributed by atoms with Crippen molar-refractivity contribution < 1.29 is 19.0 Å². The van der Waals surface area contributed by atoms with Crippen molar-refractivity contribution in [3.63, 3.8) is 0 Å². The molecule has 5 heteroatoms. The zero-order chi connectivity index (χ0) is 12.8. The van der Waals surface area contributed by atoms with Gasteiger partial charge in [0.25, 0.3) is 0 Å². The van der Waals surface area contributed by atoms with E-state index in [9.17, 15) is 4.79 Å². The number of amides is 1. The molecule has 0 aliphatic carbocycles. The van der Waals surface area contributed by atoms with Crippen molar-refractivity contribution in [2.45, 2.75) is 13.2 Å². The van der Waals surface area contributed by atoms with E-state index in [4.69, 9.17) is 14.2 Å². The van der Waals surface area contributed by atoms with Crippen LogP contribution in [-0.2, 0) is 9.47 Å². The van der Waals surface area contributed by atoms with Crippen molar-refractivity contribution in [1.29, 1.82) is 0 Å². The van der Waals surface area contributed by atoms with Gasteiger partial charge >= 0.3 is 6.09 Å². The summed E-state index contributed by atoms with van der Waals surface area (Å²) in [5.74, 6) is 0.436. The molecule has 1 aromatic carbocycles. The lowest BCUT2D eigenvalue weighted by atomic mass is 10.2. The van der Waals surface area contributed by atoms with Crippen LogP contribution < -0.4 is 10.1 Å². The lowest BCUT2D eigenvalue weighted by Gasteiger charge is -2.13. The molecule has 0 aromatic heterocycles. The third kappa shape index (κ3) is 3.09. The Morgan fingerprint density at radius 2 is 2.11 bits per heavy atom. The molecular weight excluding hydrogens is 234 g/mol. The molecular formula is C13H15NO4. The normalized spacial score (nSPS) is 16.1. The average molecular weight is 249 g/mol. The molecule has 5 nitrogen and oxygen atoms in total. The first-order chi connectivity index (χ1) is 8.81. The Hall–Kier alpha value is -1.85. The molecule has 1 aliphatic rings. The summed E-state index contributed by atoms with van der Waals surface area (Å²) in [6, 6.07) is 7.15. The van der Waals surface area contributed by atoms with Crippen molar-refractivity contribution >= 4 is 6.09 Å². The highest BCUT2D eigenvalue weighted by atomic mass is 16.7. The highest BCUT2D eigenvalue weighted by Gasteiger charge is 2.22. The minimum Gasteiger partial charge on any atom is -0.410 e. The minimum absolute atomic E-state index is 0.436. The van der Waals surface area contributed by atoms with Gasteiger partial charge in [-0.05, 0) is 13.0 Å². The van der Waals surface area contributed by atoms with E-state index in [1.807, 2.05) is 12.1 Å². The van der Waals surface area contributed by atoms with E-state index in [1.54, 1.807) is 25.1 Å². The lowest BCUT2D eigenvalue weighted by Crippen LogP contribution is -2.22. The standard InChI is InChI=1S/C13H15NO4/c1-2-7-14-13(15)18-11-6-4-3-5-10(11)12-16-8-9-17-12/h2-7,12H,8-9H2,1H3,(H,14,15). The van der Waals surface area contributed by atoms with Gasteiger partial charge in [0.1, 0.15) is 5.75 Å². The molecule has 1 saturated heterocycles. The lowest BCUT2D eigenvalue weighted by molar-refractivity contribution is -0.0452. The molecule has 0 radical (unpaired) electrons. The number of carbonyl (C=O) groups excluding carboxylic acids is 1. The van der Waals surface area contributed by atoms with E-state index < -0.39 is 12.4 Å². The van der Waals surface area contributed by atoms with Gasteiger partial charge in [0.05, 0.1) is 18.8 Å². The van der Waals surface area contributed by atoms with Crippen molar-refractivity contribution in [3.8, 4) is 5.75 Å². The van der Waals surface area contributed by atoms with Crippen molar-refractivity contribution in [3.05, 3.63) is 42.1 Å². The van der Waals surface area contributed by atoms with Crippen molar-refractivity contribution in [2.75, 3.05) is 13.2 Å². The Morgan fingerprint density at radius 1 is 1.39 bits per heavy atom. The number of para-hydroxylation sites is 1. The first-order valence-electron chi connectivity index (χ1n) is 5.73. The molecule has 0 unspecified atom stereocenters. The van der Waals surface area contributed by atoms with Gasteiger partial charge in [-0.25, -0.2) is 4.79 Å². The van der Waals surface area contributed by atoms with E-state index in [-0.39, 0.29) is 0 Å². The molecule has 0 atom stereocenters. The predicted molar refractivity (Wildman–Crippen MR) is 65.1 cm³/mol. The zero-order valence-corrected chi connectivity index (χ0v) is 10.1. The summed E-state index contributed by atoms with van der Waals surface area (Å²) in [5.41, 5.74) is 0.714. The molecule has 2 rings (SSSR count). The van der Waals surface area contributed by atoms with Crippen LogP contribution in [0.3, 0.4) is 0 Å². The van der Waals surface area contributed by atoms with E-state index in [2.05, 4.69) is 5.32 Å². The molecule has 1 aromatic rings. The second-order valence-corrected chi connectivity index (χ2v) is 3.65. The second kappa shape index (κ2) is 6.18. The van der Waals surface area contributed by atoms with Crippen molar-refractivity contribution in [2.24, 2.45) is 0 Å². The fraction of sp³-hybridized carbons (Fsp3) is 0.308. The van der Waals surface area contributed by atoms with Gasteiger partial charge in [0.2, 0.25) is 0 Å². The number of allylic oxidation sites excluding steroid dienone is 1. The molecule has 0 bridgehead atoms. The quantitative estimate of drug-likeness (QED) is 0.893. The number of hydrogen-bond donors (Lipinski definition) is 1. The molecule has 96 valence electrons. The number of benzene rings is 1. The average Bonchev–Trinajstić information content (AvgIpc) is 2.91. The van der Waals surface area contributed by atoms with E-state index in [0.717, 1.165) is 0 Å². The summed E-state index contributed by atoms with van der Waals surface area (Å²) < 4.78 is 16.0. The topological polar surface area (TPSA) is 56.8 Å². The molecule has 1 amide bonds. The van der Waals surface area contributed by atoms with Crippen LogP contribution in [0.2, 0.25) is 0 Å². The maximum Gasteiger partial charge on any atom is 0.416 e. The van der Waals surface area contributed by atoms with Gasteiger partial charge in [0.15, 0.2) is 6.29 Å². The summed E-state index contributed by atoms with van der Waals surface area (Å²) in [5, 5.41) is 2.48. The largest absolute Gasteiger partial charge is 0.416 e. The maximum atomic E-state index is 11.5. The Balaban J connectivity index is 2.09. The predicted octanol–water partition coefficient (Wildman–Crippen LogP) is 2.35. The molecule has 0 spiro atoms. The Labute approximate surface area is 105 Å². The molecule has 0 saturated carbocycles. The Kier molecular flexibility index (Phi) is 4.33. The first kappa shape index (κ1) is 12.6. The fourth-order valence-corrected chi connectivity index (χ4v) is 1.59. The number of nitrogens with one attached hydrogen (secondary N) is 1. The van der Waals surface area contributed by atoms with Gasteiger partial charge in [-0.2, -0.15) is 0 Å². The van der Waals surface area contributed by atoms with Crippen molar-refractivity contribution in [1.82, 2.24) is 5.32 Å². The molecule has 1 fully saturated rings. The number of rotatable bonds is 3. The molecule has 18 heavy (non-hydrogen) atoms. The summed E-state index contributed by atoms with van der Waals surface area (Å²) in [4.78, 5) is 11.5.